The van der Waals surface area contributed by atoms with Crippen LogP contribution in [0.4, 0.5) is 0 Å². The number of rotatable bonds is 7. The summed E-state index contributed by atoms with van der Waals surface area (Å²) in [5, 5.41) is 0.554. The average molecular weight is 367 g/mol. The third-order valence-corrected chi connectivity index (χ3v) is 4.63. The zero-order valence-electron chi connectivity index (χ0n) is 15.3. The number of nitrogens with zero attached hydrogens (tertiary/aromatic N) is 1. The SMILES string of the molecule is COc1cccc(C(C)CCCC(=O)ON2C(=O)c3ccccc3C2=O)c1. The van der Waals surface area contributed by atoms with Crippen LogP contribution < -0.4 is 4.74 Å². The van der Waals surface area contributed by atoms with Crippen molar-refractivity contribution in [2.75, 3.05) is 7.11 Å². The number of amides is 2. The molecule has 0 saturated heterocycles. The molecule has 0 fully saturated rings. The van der Waals surface area contributed by atoms with Crippen molar-refractivity contribution in [3.8, 4) is 5.75 Å². The molecular formula is C21H21NO5. The van der Waals surface area contributed by atoms with Crippen molar-refractivity contribution < 1.29 is 24.0 Å². The molecule has 0 bridgehead atoms. The fraction of sp³-hybridized carbons (Fsp3) is 0.286. The lowest BCUT2D eigenvalue weighted by Crippen LogP contribution is -2.32. The van der Waals surface area contributed by atoms with Crippen molar-refractivity contribution in [2.45, 2.75) is 32.1 Å². The number of benzene rings is 2. The van der Waals surface area contributed by atoms with Crippen LogP contribution in [0.1, 0.15) is 58.4 Å². The monoisotopic (exact) mass is 367 g/mol. The first-order chi connectivity index (χ1) is 13.0. The van der Waals surface area contributed by atoms with Gasteiger partial charge in [-0.05, 0) is 48.6 Å². The third kappa shape index (κ3) is 4.00. The molecule has 1 atom stereocenters. The predicted molar refractivity (Wildman–Crippen MR) is 98.3 cm³/mol. The molecule has 2 aromatic rings. The van der Waals surface area contributed by atoms with Crippen molar-refractivity contribution >= 4 is 17.8 Å². The van der Waals surface area contributed by atoms with E-state index in [-0.39, 0.29) is 23.5 Å². The number of carbonyl (C=O) groups is 3. The van der Waals surface area contributed by atoms with E-state index in [2.05, 4.69) is 6.92 Å². The topological polar surface area (TPSA) is 72.9 Å². The Kier molecular flexibility index (Phi) is 5.54. The van der Waals surface area contributed by atoms with Gasteiger partial charge in [-0.15, -0.1) is 0 Å². The molecule has 0 aliphatic carbocycles. The summed E-state index contributed by atoms with van der Waals surface area (Å²) in [7, 11) is 1.62. The van der Waals surface area contributed by atoms with Crippen LogP contribution in [0.2, 0.25) is 0 Å². The quantitative estimate of drug-likeness (QED) is 0.697. The molecule has 2 amide bonds. The van der Waals surface area contributed by atoms with Gasteiger partial charge in [-0.2, -0.15) is 0 Å². The summed E-state index contributed by atoms with van der Waals surface area (Å²) in [6.07, 6.45) is 1.48. The fourth-order valence-electron chi connectivity index (χ4n) is 3.06. The Morgan fingerprint density at radius 1 is 1.04 bits per heavy atom. The van der Waals surface area contributed by atoms with E-state index in [0.717, 1.165) is 17.7 Å². The highest BCUT2D eigenvalue weighted by molar-refractivity contribution is 6.20. The molecule has 0 aromatic heterocycles. The maximum atomic E-state index is 12.2. The Labute approximate surface area is 157 Å². The molecule has 0 spiro atoms. The second-order valence-corrected chi connectivity index (χ2v) is 6.48. The summed E-state index contributed by atoms with van der Waals surface area (Å²) in [5.41, 5.74) is 1.63. The summed E-state index contributed by atoms with van der Waals surface area (Å²) >= 11 is 0. The van der Waals surface area contributed by atoms with E-state index in [1.54, 1.807) is 31.4 Å². The molecule has 1 heterocycles. The highest BCUT2D eigenvalue weighted by atomic mass is 16.7. The maximum absolute atomic E-state index is 12.2. The first-order valence-electron chi connectivity index (χ1n) is 8.84. The van der Waals surface area contributed by atoms with Crippen LogP contribution in [0.5, 0.6) is 5.75 Å². The van der Waals surface area contributed by atoms with E-state index in [0.29, 0.717) is 11.5 Å². The van der Waals surface area contributed by atoms with Gasteiger partial charge in [0.05, 0.1) is 18.2 Å². The van der Waals surface area contributed by atoms with E-state index in [9.17, 15) is 14.4 Å². The minimum Gasteiger partial charge on any atom is -0.497 e. The second-order valence-electron chi connectivity index (χ2n) is 6.48. The van der Waals surface area contributed by atoms with E-state index in [1.165, 1.54) is 0 Å². The number of hydroxylamine groups is 2. The number of carbonyl (C=O) groups excluding carboxylic acids is 3. The lowest BCUT2D eigenvalue weighted by atomic mass is 9.95. The minimum atomic E-state index is -0.603. The molecular weight excluding hydrogens is 346 g/mol. The van der Waals surface area contributed by atoms with Crippen LogP contribution >= 0.6 is 0 Å². The number of methoxy groups -OCH3 is 1. The average Bonchev–Trinajstić information content (AvgIpc) is 2.93. The van der Waals surface area contributed by atoms with Gasteiger partial charge in [-0.1, -0.05) is 36.3 Å². The van der Waals surface area contributed by atoms with Crippen LogP contribution in [0.25, 0.3) is 0 Å². The predicted octanol–water partition coefficient (Wildman–Crippen LogP) is 3.72. The standard InChI is InChI=1S/C21H21NO5/c1-14(15-8-6-9-16(13-15)26-2)7-5-12-19(23)27-22-20(24)17-10-3-4-11-18(17)21(22)25/h3-4,6,8-11,13-14H,5,7,12H2,1-2H3. The summed E-state index contributed by atoms with van der Waals surface area (Å²) < 4.78 is 5.23. The van der Waals surface area contributed by atoms with E-state index >= 15 is 0 Å². The van der Waals surface area contributed by atoms with Gasteiger partial charge in [-0.25, -0.2) is 4.79 Å². The Morgan fingerprint density at radius 2 is 1.70 bits per heavy atom. The largest absolute Gasteiger partial charge is 0.497 e. The van der Waals surface area contributed by atoms with Crippen molar-refractivity contribution in [3.63, 3.8) is 0 Å². The van der Waals surface area contributed by atoms with Gasteiger partial charge < -0.3 is 9.57 Å². The Balaban J connectivity index is 1.50. The van der Waals surface area contributed by atoms with Crippen LogP contribution in [0.3, 0.4) is 0 Å². The van der Waals surface area contributed by atoms with Crippen molar-refractivity contribution in [2.24, 2.45) is 0 Å². The number of hydrogen-bond donors (Lipinski definition) is 0. The summed E-state index contributed by atoms with van der Waals surface area (Å²) in [5.74, 6) is -0.763. The molecule has 27 heavy (non-hydrogen) atoms. The number of ether oxygens (including phenoxy) is 1. The zero-order valence-corrected chi connectivity index (χ0v) is 15.3. The van der Waals surface area contributed by atoms with Crippen LogP contribution in [-0.2, 0) is 9.63 Å². The van der Waals surface area contributed by atoms with Gasteiger partial charge in [0.1, 0.15) is 5.75 Å². The lowest BCUT2D eigenvalue weighted by Gasteiger charge is -2.14. The van der Waals surface area contributed by atoms with Crippen LogP contribution in [0.15, 0.2) is 48.5 Å². The number of fused-ring (bicyclic) bond motifs is 1. The molecule has 2 aromatic carbocycles. The number of hydrogen-bond acceptors (Lipinski definition) is 5. The Hall–Kier alpha value is -3.15. The minimum absolute atomic E-state index is 0.127. The molecule has 0 radical (unpaired) electrons. The summed E-state index contributed by atoms with van der Waals surface area (Å²) in [6, 6.07) is 14.2. The van der Waals surface area contributed by atoms with Gasteiger partial charge in [-0.3, -0.25) is 9.59 Å². The first-order valence-corrected chi connectivity index (χ1v) is 8.84. The van der Waals surface area contributed by atoms with Crippen LogP contribution in [-0.4, -0.2) is 30.0 Å². The molecule has 6 nitrogen and oxygen atoms in total. The first kappa shape index (κ1) is 18.6. The lowest BCUT2D eigenvalue weighted by molar-refractivity contribution is -0.168. The van der Waals surface area contributed by atoms with Crippen molar-refractivity contribution in [3.05, 3.63) is 65.2 Å². The van der Waals surface area contributed by atoms with Gasteiger partial charge in [0.25, 0.3) is 11.8 Å². The zero-order chi connectivity index (χ0) is 19.4. The smallest absolute Gasteiger partial charge is 0.333 e. The molecule has 6 heteroatoms. The van der Waals surface area contributed by atoms with E-state index in [1.807, 2.05) is 24.3 Å². The Bertz CT molecular complexity index is 841. The van der Waals surface area contributed by atoms with Gasteiger partial charge in [0, 0.05) is 6.42 Å². The van der Waals surface area contributed by atoms with Crippen molar-refractivity contribution in [1.82, 2.24) is 5.06 Å². The highest BCUT2D eigenvalue weighted by Gasteiger charge is 2.38. The fourth-order valence-corrected chi connectivity index (χ4v) is 3.06. The van der Waals surface area contributed by atoms with Gasteiger partial charge in [0.2, 0.25) is 0 Å². The summed E-state index contributed by atoms with van der Waals surface area (Å²) in [4.78, 5) is 41.5. The molecule has 0 saturated carbocycles. The maximum Gasteiger partial charge on any atom is 0.333 e. The second kappa shape index (κ2) is 8.03. The molecule has 1 aliphatic heterocycles. The Morgan fingerprint density at radius 3 is 2.33 bits per heavy atom. The molecule has 0 N–H and O–H groups in total. The van der Waals surface area contributed by atoms with Gasteiger partial charge in [0.15, 0.2) is 0 Å². The normalized spacial score (nSPS) is 14.1. The molecule has 1 aliphatic rings. The molecule has 140 valence electrons. The van der Waals surface area contributed by atoms with Crippen molar-refractivity contribution in [1.29, 1.82) is 0 Å². The van der Waals surface area contributed by atoms with E-state index in [4.69, 9.17) is 9.57 Å². The molecule has 3 rings (SSSR count). The van der Waals surface area contributed by atoms with Gasteiger partial charge >= 0.3 is 5.97 Å². The highest BCUT2D eigenvalue weighted by Crippen LogP contribution is 2.26. The third-order valence-electron chi connectivity index (χ3n) is 4.63. The van der Waals surface area contributed by atoms with E-state index < -0.39 is 17.8 Å². The summed E-state index contributed by atoms with van der Waals surface area (Å²) in [6.45, 7) is 2.07. The van der Waals surface area contributed by atoms with Crippen LogP contribution in [0, 0.1) is 0 Å². The molecule has 1 unspecified atom stereocenters. The number of imide groups is 1.